The van der Waals surface area contributed by atoms with E-state index in [0.717, 1.165) is 34.2 Å². The van der Waals surface area contributed by atoms with Crippen molar-refractivity contribution < 1.29 is 0 Å². The molecule has 35 heavy (non-hydrogen) atoms. The van der Waals surface area contributed by atoms with Crippen LogP contribution in [0.2, 0.25) is 0 Å². The van der Waals surface area contributed by atoms with E-state index < -0.39 is 0 Å². The first-order valence-electron chi connectivity index (χ1n) is 12.3. The monoisotopic (exact) mass is 452 g/mol. The molecule has 3 aromatic carbocycles. The predicted octanol–water partition coefficient (Wildman–Crippen LogP) is 7.30. The zero-order valence-corrected chi connectivity index (χ0v) is 19.3. The summed E-state index contributed by atoms with van der Waals surface area (Å²) in [6.07, 6.45) is 5.90. The fraction of sp³-hybridized carbons (Fsp3) is 0.161. The Hall–Kier alpha value is -4.18. The third-order valence-electron chi connectivity index (χ3n) is 7.42. The first-order chi connectivity index (χ1) is 17.3. The van der Waals surface area contributed by atoms with E-state index in [-0.39, 0.29) is 0 Å². The standard InChI is InChI=1S/C31H24N4/c1-3-7-20(8-4-1)29-33-30(21-9-5-2-6-10-21)35-31(34-29)25-14-16-28(32-19-25)24-13-15-26-22-11-12-23(17-22)27(26)18-24/h1-10,13-16,18-19,22-23H,11-12,17H2. The lowest BCUT2D eigenvalue weighted by atomic mass is 9.90. The SMILES string of the molecule is c1ccc(-c2nc(-c3ccccc3)nc(-c3ccc(-c4ccc5c(c4)C4CCC5C4)nc3)n2)cc1. The van der Waals surface area contributed by atoms with Gasteiger partial charge in [0.1, 0.15) is 0 Å². The topological polar surface area (TPSA) is 51.6 Å². The average Bonchev–Trinajstić information content (AvgIpc) is 3.57. The smallest absolute Gasteiger partial charge is 0.165 e. The van der Waals surface area contributed by atoms with Gasteiger partial charge in [-0.05, 0) is 60.4 Å². The van der Waals surface area contributed by atoms with Gasteiger partial charge < -0.3 is 0 Å². The Morgan fingerprint density at radius 3 is 1.69 bits per heavy atom. The molecule has 168 valence electrons. The summed E-state index contributed by atoms with van der Waals surface area (Å²) < 4.78 is 0. The van der Waals surface area contributed by atoms with E-state index in [1.807, 2.05) is 66.9 Å². The van der Waals surface area contributed by atoms with Gasteiger partial charge in [0.05, 0.1) is 5.69 Å². The second-order valence-electron chi connectivity index (χ2n) is 9.52. The Kier molecular flexibility index (Phi) is 4.76. The molecule has 5 aromatic rings. The largest absolute Gasteiger partial charge is 0.255 e. The van der Waals surface area contributed by atoms with Gasteiger partial charge in [0.15, 0.2) is 17.5 Å². The number of hydrogen-bond donors (Lipinski definition) is 0. The maximum Gasteiger partial charge on any atom is 0.165 e. The molecule has 0 spiro atoms. The van der Waals surface area contributed by atoms with Crippen molar-refractivity contribution in [2.75, 3.05) is 0 Å². The second kappa shape index (κ2) is 8.24. The molecule has 2 heterocycles. The Morgan fingerprint density at radius 1 is 0.514 bits per heavy atom. The first-order valence-corrected chi connectivity index (χ1v) is 12.3. The lowest BCUT2D eigenvalue weighted by Crippen LogP contribution is -2.00. The molecular formula is C31H24N4. The lowest BCUT2D eigenvalue weighted by molar-refractivity contribution is 0.717. The summed E-state index contributed by atoms with van der Waals surface area (Å²) in [7, 11) is 0. The van der Waals surface area contributed by atoms with Gasteiger partial charge in [-0.1, -0.05) is 72.8 Å². The first kappa shape index (κ1) is 20.2. The van der Waals surface area contributed by atoms with Gasteiger partial charge in [0, 0.05) is 28.5 Å². The maximum absolute atomic E-state index is 4.82. The van der Waals surface area contributed by atoms with Gasteiger partial charge in [0.25, 0.3) is 0 Å². The third-order valence-corrected chi connectivity index (χ3v) is 7.42. The molecule has 2 aliphatic carbocycles. The van der Waals surface area contributed by atoms with Gasteiger partial charge in [-0.25, -0.2) is 15.0 Å². The number of fused-ring (bicyclic) bond motifs is 5. The van der Waals surface area contributed by atoms with Gasteiger partial charge in [0.2, 0.25) is 0 Å². The molecule has 1 fully saturated rings. The Balaban J connectivity index is 1.27. The highest BCUT2D eigenvalue weighted by atomic mass is 15.0. The molecule has 0 radical (unpaired) electrons. The molecule has 1 saturated carbocycles. The molecule has 2 unspecified atom stereocenters. The molecule has 2 aromatic heterocycles. The van der Waals surface area contributed by atoms with Crippen molar-refractivity contribution in [3.05, 3.63) is 108 Å². The van der Waals surface area contributed by atoms with Gasteiger partial charge in [-0.15, -0.1) is 0 Å². The second-order valence-corrected chi connectivity index (χ2v) is 9.52. The van der Waals surface area contributed by atoms with Crippen LogP contribution < -0.4 is 0 Å². The zero-order chi connectivity index (χ0) is 23.2. The van der Waals surface area contributed by atoms with E-state index in [9.17, 15) is 0 Å². The number of aromatic nitrogens is 4. The van der Waals surface area contributed by atoms with E-state index in [2.05, 4.69) is 30.3 Å². The molecule has 2 bridgehead atoms. The quantitative estimate of drug-likeness (QED) is 0.287. The highest BCUT2D eigenvalue weighted by Crippen LogP contribution is 2.53. The van der Waals surface area contributed by atoms with Crippen molar-refractivity contribution in [2.45, 2.75) is 31.1 Å². The number of nitrogens with zero attached hydrogens (tertiary/aromatic N) is 4. The predicted molar refractivity (Wildman–Crippen MR) is 139 cm³/mol. The van der Waals surface area contributed by atoms with Crippen molar-refractivity contribution in [2.24, 2.45) is 0 Å². The third kappa shape index (κ3) is 3.62. The zero-order valence-electron chi connectivity index (χ0n) is 19.3. The molecule has 0 saturated heterocycles. The van der Waals surface area contributed by atoms with Crippen LogP contribution in [0, 0.1) is 0 Å². The Labute approximate surface area is 204 Å². The molecule has 4 nitrogen and oxygen atoms in total. The normalized spacial score (nSPS) is 17.9. The van der Waals surface area contributed by atoms with E-state index in [1.54, 1.807) is 11.1 Å². The summed E-state index contributed by atoms with van der Waals surface area (Å²) in [5, 5.41) is 0. The van der Waals surface area contributed by atoms with Crippen LogP contribution in [0.25, 0.3) is 45.4 Å². The van der Waals surface area contributed by atoms with Crippen LogP contribution in [0.3, 0.4) is 0 Å². The Bertz CT molecular complexity index is 1450. The van der Waals surface area contributed by atoms with Crippen LogP contribution in [0.5, 0.6) is 0 Å². The van der Waals surface area contributed by atoms with Crippen LogP contribution in [0.15, 0.2) is 97.2 Å². The van der Waals surface area contributed by atoms with Crippen LogP contribution in [0.4, 0.5) is 0 Å². The molecule has 0 amide bonds. The average molecular weight is 453 g/mol. The summed E-state index contributed by atoms with van der Waals surface area (Å²) in [4.78, 5) is 19.2. The minimum atomic E-state index is 0.628. The summed E-state index contributed by atoms with van der Waals surface area (Å²) >= 11 is 0. The number of hydrogen-bond acceptors (Lipinski definition) is 4. The van der Waals surface area contributed by atoms with Crippen LogP contribution in [-0.4, -0.2) is 19.9 Å². The minimum Gasteiger partial charge on any atom is -0.255 e. The van der Waals surface area contributed by atoms with Gasteiger partial charge in [-0.3, -0.25) is 4.98 Å². The highest BCUT2D eigenvalue weighted by Gasteiger charge is 2.36. The summed E-state index contributed by atoms with van der Waals surface area (Å²) in [6.45, 7) is 0. The van der Waals surface area contributed by atoms with Crippen LogP contribution in [-0.2, 0) is 0 Å². The van der Waals surface area contributed by atoms with Crippen molar-refractivity contribution in [3.63, 3.8) is 0 Å². The molecular weight excluding hydrogens is 428 g/mol. The number of pyridine rings is 1. The van der Waals surface area contributed by atoms with Crippen molar-refractivity contribution in [1.82, 2.24) is 19.9 Å². The molecule has 0 aliphatic heterocycles. The van der Waals surface area contributed by atoms with Crippen LogP contribution >= 0.6 is 0 Å². The van der Waals surface area contributed by atoms with Gasteiger partial charge in [-0.2, -0.15) is 0 Å². The van der Waals surface area contributed by atoms with Crippen molar-refractivity contribution in [3.8, 4) is 45.4 Å². The molecule has 4 heteroatoms. The number of benzene rings is 3. The summed E-state index contributed by atoms with van der Waals surface area (Å²) in [5.41, 5.74) is 8.09. The van der Waals surface area contributed by atoms with Crippen LogP contribution in [0.1, 0.15) is 42.2 Å². The van der Waals surface area contributed by atoms with Gasteiger partial charge >= 0.3 is 0 Å². The molecule has 2 aliphatic rings. The van der Waals surface area contributed by atoms with E-state index in [1.165, 1.54) is 24.8 Å². The van der Waals surface area contributed by atoms with Crippen molar-refractivity contribution >= 4 is 0 Å². The minimum absolute atomic E-state index is 0.628. The molecule has 7 rings (SSSR count). The van der Waals surface area contributed by atoms with E-state index >= 15 is 0 Å². The fourth-order valence-electron chi connectivity index (χ4n) is 5.64. The van der Waals surface area contributed by atoms with E-state index in [4.69, 9.17) is 19.9 Å². The summed E-state index contributed by atoms with van der Waals surface area (Å²) in [5.74, 6) is 3.47. The summed E-state index contributed by atoms with van der Waals surface area (Å²) in [6, 6.07) is 31.2. The maximum atomic E-state index is 4.82. The number of rotatable bonds is 4. The fourth-order valence-corrected chi connectivity index (χ4v) is 5.64. The lowest BCUT2D eigenvalue weighted by Gasteiger charge is -2.16. The highest BCUT2D eigenvalue weighted by molar-refractivity contribution is 5.68. The Morgan fingerprint density at radius 2 is 1.09 bits per heavy atom. The molecule has 0 N–H and O–H groups in total. The van der Waals surface area contributed by atoms with Crippen molar-refractivity contribution in [1.29, 1.82) is 0 Å². The molecule has 2 atom stereocenters. The van der Waals surface area contributed by atoms with E-state index in [0.29, 0.717) is 17.5 Å².